The smallest absolute Gasteiger partial charge is 0.262 e. The summed E-state index contributed by atoms with van der Waals surface area (Å²) in [6.45, 7) is 1.18. The van der Waals surface area contributed by atoms with Crippen LogP contribution in [-0.2, 0) is 16.1 Å². The standard InChI is InChI=1S/C15H16F2N4O3S.ClH/c1-8(22)18-5-9-2-3-12(24-9)11-6-25-14(20-11)21-13(23)10-4-15(16,17)7-19-10;/h2-3,6,10,19H,4-5,7H2,1H3,(H,18,22)(H,20,21,23);1H. The van der Waals surface area contributed by atoms with Gasteiger partial charge in [0.25, 0.3) is 5.92 Å². The van der Waals surface area contributed by atoms with Gasteiger partial charge < -0.3 is 15.1 Å². The number of carbonyl (C=O) groups is 2. The monoisotopic (exact) mass is 406 g/mol. The Kier molecular flexibility index (Phi) is 6.32. The fraction of sp³-hybridized carbons (Fsp3) is 0.400. The molecule has 1 unspecified atom stereocenters. The van der Waals surface area contributed by atoms with Crippen molar-refractivity contribution in [2.75, 3.05) is 11.9 Å². The van der Waals surface area contributed by atoms with Crippen LogP contribution in [0.2, 0.25) is 0 Å². The van der Waals surface area contributed by atoms with E-state index in [-0.39, 0.29) is 24.9 Å². The third-order valence-electron chi connectivity index (χ3n) is 3.59. The summed E-state index contributed by atoms with van der Waals surface area (Å²) in [5, 5.41) is 9.64. The fourth-order valence-corrected chi connectivity index (χ4v) is 3.06. The van der Waals surface area contributed by atoms with E-state index < -0.39 is 30.8 Å². The van der Waals surface area contributed by atoms with Gasteiger partial charge in [0, 0.05) is 18.7 Å². The van der Waals surface area contributed by atoms with Gasteiger partial charge >= 0.3 is 0 Å². The minimum atomic E-state index is -2.87. The van der Waals surface area contributed by atoms with Crippen LogP contribution in [-0.4, -0.2) is 35.3 Å². The van der Waals surface area contributed by atoms with E-state index in [1.807, 2.05) is 0 Å². The first-order valence-corrected chi connectivity index (χ1v) is 8.41. The predicted octanol–water partition coefficient (Wildman–Crippen LogP) is 2.40. The van der Waals surface area contributed by atoms with Crippen molar-refractivity contribution in [2.45, 2.75) is 31.9 Å². The molecule has 3 N–H and O–H groups in total. The summed E-state index contributed by atoms with van der Waals surface area (Å²) in [6.07, 6.45) is -0.526. The highest BCUT2D eigenvalue weighted by Crippen LogP contribution is 2.28. The molecular weight excluding hydrogens is 390 g/mol. The number of rotatable bonds is 5. The molecule has 2 aromatic heterocycles. The zero-order valence-corrected chi connectivity index (χ0v) is 15.3. The minimum absolute atomic E-state index is 0. The quantitative estimate of drug-likeness (QED) is 0.708. The number of furan rings is 1. The Bertz CT molecular complexity index is 795. The Labute approximate surface area is 158 Å². The third kappa shape index (κ3) is 4.99. The second kappa shape index (κ2) is 8.11. The molecule has 3 heterocycles. The lowest BCUT2D eigenvalue weighted by atomic mass is 10.2. The Balaban J connectivity index is 0.00000243. The first-order valence-electron chi connectivity index (χ1n) is 7.53. The average molecular weight is 407 g/mol. The van der Waals surface area contributed by atoms with Crippen LogP contribution < -0.4 is 16.0 Å². The lowest BCUT2D eigenvalue weighted by molar-refractivity contribution is -0.119. The van der Waals surface area contributed by atoms with Crippen LogP contribution in [0.15, 0.2) is 21.9 Å². The van der Waals surface area contributed by atoms with Crippen molar-refractivity contribution < 1.29 is 22.8 Å². The molecule has 1 fully saturated rings. The maximum Gasteiger partial charge on any atom is 0.262 e. The first-order chi connectivity index (χ1) is 11.8. The summed E-state index contributed by atoms with van der Waals surface area (Å²) in [4.78, 5) is 27.1. The maximum absolute atomic E-state index is 13.1. The fourth-order valence-electron chi connectivity index (χ4n) is 2.36. The van der Waals surface area contributed by atoms with Crippen LogP contribution in [0.3, 0.4) is 0 Å². The normalized spacial score (nSPS) is 18.2. The van der Waals surface area contributed by atoms with E-state index in [1.54, 1.807) is 17.5 Å². The number of carbonyl (C=O) groups excluding carboxylic acids is 2. The van der Waals surface area contributed by atoms with Crippen molar-refractivity contribution in [1.82, 2.24) is 15.6 Å². The van der Waals surface area contributed by atoms with E-state index in [9.17, 15) is 18.4 Å². The summed E-state index contributed by atoms with van der Waals surface area (Å²) in [6, 6.07) is 2.49. The number of amides is 2. The topological polar surface area (TPSA) is 96.3 Å². The van der Waals surface area contributed by atoms with Crippen LogP contribution in [0.25, 0.3) is 11.5 Å². The van der Waals surface area contributed by atoms with Gasteiger partial charge in [0.05, 0.1) is 19.1 Å². The molecular formula is C15H17ClF2N4O3S. The van der Waals surface area contributed by atoms with E-state index in [0.717, 1.165) is 0 Å². The summed E-state index contributed by atoms with van der Waals surface area (Å²) in [5.41, 5.74) is 0.513. The average Bonchev–Trinajstić information content (AvgIpc) is 3.24. The molecule has 1 aliphatic heterocycles. The molecule has 2 aromatic rings. The van der Waals surface area contributed by atoms with Gasteiger partial charge in [-0.25, -0.2) is 13.8 Å². The van der Waals surface area contributed by atoms with Crippen molar-refractivity contribution in [3.8, 4) is 11.5 Å². The van der Waals surface area contributed by atoms with Crippen LogP contribution in [0.4, 0.5) is 13.9 Å². The Morgan fingerprint density at radius 2 is 2.23 bits per heavy atom. The van der Waals surface area contributed by atoms with E-state index in [2.05, 4.69) is 20.9 Å². The molecule has 3 rings (SSSR count). The molecule has 1 saturated heterocycles. The number of hydrogen-bond acceptors (Lipinski definition) is 6. The Morgan fingerprint density at radius 3 is 2.88 bits per heavy atom. The first kappa shape index (κ1) is 20.3. The summed E-state index contributed by atoms with van der Waals surface area (Å²) >= 11 is 1.17. The van der Waals surface area contributed by atoms with Gasteiger partial charge in [-0.15, -0.1) is 23.7 Å². The third-order valence-corrected chi connectivity index (χ3v) is 4.34. The highest BCUT2D eigenvalue weighted by atomic mass is 35.5. The number of thiazole rings is 1. The van der Waals surface area contributed by atoms with Crippen molar-refractivity contribution >= 4 is 40.7 Å². The molecule has 11 heteroatoms. The van der Waals surface area contributed by atoms with E-state index in [1.165, 1.54) is 18.3 Å². The Morgan fingerprint density at radius 1 is 1.46 bits per heavy atom. The highest BCUT2D eigenvalue weighted by Gasteiger charge is 2.42. The van der Waals surface area contributed by atoms with Gasteiger partial charge in [-0.1, -0.05) is 0 Å². The molecule has 142 valence electrons. The van der Waals surface area contributed by atoms with Crippen molar-refractivity contribution in [2.24, 2.45) is 0 Å². The van der Waals surface area contributed by atoms with Crippen molar-refractivity contribution in [3.05, 3.63) is 23.3 Å². The van der Waals surface area contributed by atoms with Crippen LogP contribution in [0.5, 0.6) is 0 Å². The number of nitrogens with one attached hydrogen (secondary N) is 3. The van der Waals surface area contributed by atoms with E-state index in [4.69, 9.17) is 4.42 Å². The molecule has 0 aromatic carbocycles. The lowest BCUT2D eigenvalue weighted by Gasteiger charge is -2.08. The summed E-state index contributed by atoms with van der Waals surface area (Å²) in [5.74, 6) is -2.51. The van der Waals surface area contributed by atoms with Gasteiger partial charge in [0.15, 0.2) is 10.9 Å². The summed E-state index contributed by atoms with van der Waals surface area (Å²) in [7, 11) is 0. The number of halogens is 3. The number of anilines is 1. The number of aromatic nitrogens is 1. The van der Waals surface area contributed by atoms with Crippen LogP contribution >= 0.6 is 23.7 Å². The van der Waals surface area contributed by atoms with Gasteiger partial charge in [-0.3, -0.25) is 14.9 Å². The maximum atomic E-state index is 13.1. The largest absolute Gasteiger partial charge is 0.458 e. The molecule has 26 heavy (non-hydrogen) atoms. The van der Waals surface area contributed by atoms with Gasteiger partial charge in [0.2, 0.25) is 11.8 Å². The number of alkyl halides is 2. The molecule has 1 atom stereocenters. The lowest BCUT2D eigenvalue weighted by Crippen LogP contribution is -2.35. The van der Waals surface area contributed by atoms with E-state index in [0.29, 0.717) is 22.3 Å². The molecule has 7 nitrogen and oxygen atoms in total. The molecule has 0 aliphatic carbocycles. The Hall–Kier alpha value is -2.04. The number of nitrogens with zero attached hydrogens (tertiary/aromatic N) is 1. The highest BCUT2D eigenvalue weighted by molar-refractivity contribution is 7.14. The van der Waals surface area contributed by atoms with Crippen molar-refractivity contribution in [1.29, 1.82) is 0 Å². The molecule has 0 saturated carbocycles. The molecule has 2 amide bonds. The van der Waals surface area contributed by atoms with E-state index >= 15 is 0 Å². The van der Waals surface area contributed by atoms with Gasteiger partial charge in [-0.2, -0.15) is 0 Å². The minimum Gasteiger partial charge on any atom is -0.458 e. The molecule has 0 radical (unpaired) electrons. The SMILES string of the molecule is CC(=O)NCc1ccc(-c2csc(NC(=O)C3CC(F)(F)CN3)n2)o1.Cl. The number of hydrogen-bond donors (Lipinski definition) is 3. The second-order valence-corrected chi connectivity index (χ2v) is 6.55. The van der Waals surface area contributed by atoms with Crippen LogP contribution in [0, 0.1) is 0 Å². The molecule has 0 spiro atoms. The molecule has 1 aliphatic rings. The molecule has 0 bridgehead atoms. The second-order valence-electron chi connectivity index (χ2n) is 5.70. The van der Waals surface area contributed by atoms with Crippen LogP contribution in [0.1, 0.15) is 19.1 Å². The summed E-state index contributed by atoms with van der Waals surface area (Å²) < 4.78 is 31.9. The van der Waals surface area contributed by atoms with Gasteiger partial charge in [-0.05, 0) is 12.1 Å². The zero-order chi connectivity index (χ0) is 18.0. The predicted molar refractivity (Wildman–Crippen MR) is 94.6 cm³/mol. The zero-order valence-electron chi connectivity index (χ0n) is 13.7. The van der Waals surface area contributed by atoms with Gasteiger partial charge in [0.1, 0.15) is 11.5 Å². The van der Waals surface area contributed by atoms with Crippen molar-refractivity contribution in [3.63, 3.8) is 0 Å².